The van der Waals surface area contributed by atoms with Gasteiger partial charge in [0.1, 0.15) is 11.6 Å². The van der Waals surface area contributed by atoms with Crippen molar-refractivity contribution in [1.82, 2.24) is 0 Å². The molecule has 0 amide bonds. The molecule has 1 aromatic rings. The van der Waals surface area contributed by atoms with E-state index in [9.17, 15) is 4.39 Å². The molecule has 0 heterocycles. The van der Waals surface area contributed by atoms with Crippen molar-refractivity contribution in [3.8, 4) is 5.75 Å². The molecule has 0 aromatic heterocycles. The number of benzene rings is 1. The highest BCUT2D eigenvalue weighted by Crippen LogP contribution is 2.18. The van der Waals surface area contributed by atoms with Gasteiger partial charge in [0.15, 0.2) is 0 Å². The quantitative estimate of drug-likeness (QED) is 0.555. The molecule has 0 unspecified atom stereocenters. The van der Waals surface area contributed by atoms with Gasteiger partial charge in [-0.25, -0.2) is 4.39 Å². The minimum atomic E-state index is -0.446. The predicted octanol–water partition coefficient (Wildman–Crippen LogP) is 2.34. The maximum absolute atomic E-state index is 13.0. The topological polar surface area (TPSA) is 55.5 Å². The fraction of sp³-hybridized carbons (Fsp3) is 0.500. The smallest absolute Gasteiger partial charge is 0.149 e. The van der Waals surface area contributed by atoms with E-state index in [1.165, 1.54) is 12.1 Å². The van der Waals surface area contributed by atoms with E-state index in [0.717, 1.165) is 25.7 Å². The van der Waals surface area contributed by atoms with E-state index in [0.29, 0.717) is 12.4 Å². The van der Waals surface area contributed by atoms with E-state index >= 15 is 0 Å². The van der Waals surface area contributed by atoms with Crippen molar-refractivity contribution >= 4 is 5.69 Å². The van der Waals surface area contributed by atoms with E-state index in [-0.39, 0.29) is 12.3 Å². The molecule has 4 heteroatoms. The molecule has 0 aliphatic carbocycles. The first kappa shape index (κ1) is 12.8. The maximum atomic E-state index is 13.0. The van der Waals surface area contributed by atoms with Crippen LogP contribution >= 0.6 is 0 Å². The van der Waals surface area contributed by atoms with Crippen LogP contribution in [0.4, 0.5) is 10.1 Å². The molecule has 0 saturated carbocycles. The molecule has 0 aliphatic rings. The maximum Gasteiger partial charge on any atom is 0.149 e. The number of hydrogen-bond donors (Lipinski definition) is 2. The molecule has 0 bridgehead atoms. The van der Waals surface area contributed by atoms with Gasteiger partial charge in [-0.1, -0.05) is 6.42 Å². The predicted molar refractivity (Wildman–Crippen MR) is 61.9 cm³/mol. The van der Waals surface area contributed by atoms with Crippen LogP contribution in [0.3, 0.4) is 0 Å². The van der Waals surface area contributed by atoms with Gasteiger partial charge >= 0.3 is 0 Å². The van der Waals surface area contributed by atoms with Gasteiger partial charge in [0.25, 0.3) is 0 Å². The molecule has 0 spiro atoms. The van der Waals surface area contributed by atoms with Crippen LogP contribution in [0.15, 0.2) is 18.2 Å². The largest absolute Gasteiger partial charge is 0.493 e. The molecule has 0 aliphatic heterocycles. The molecule has 1 aromatic carbocycles. The molecular formula is C12H18FNO2. The van der Waals surface area contributed by atoms with Crippen LogP contribution < -0.4 is 10.5 Å². The monoisotopic (exact) mass is 227 g/mol. The van der Waals surface area contributed by atoms with Crippen molar-refractivity contribution in [3.63, 3.8) is 0 Å². The number of halogens is 1. The summed E-state index contributed by atoms with van der Waals surface area (Å²) in [6, 6.07) is 4.45. The Labute approximate surface area is 95.0 Å². The van der Waals surface area contributed by atoms with Crippen LogP contribution in [0.25, 0.3) is 0 Å². The van der Waals surface area contributed by atoms with E-state index in [2.05, 4.69) is 0 Å². The van der Waals surface area contributed by atoms with Gasteiger partial charge in [0.05, 0.1) is 12.3 Å². The second-order valence-corrected chi connectivity index (χ2v) is 3.67. The molecule has 16 heavy (non-hydrogen) atoms. The van der Waals surface area contributed by atoms with Gasteiger partial charge in [-0.15, -0.1) is 0 Å². The van der Waals surface area contributed by atoms with Crippen molar-refractivity contribution in [1.29, 1.82) is 0 Å². The van der Waals surface area contributed by atoms with Gasteiger partial charge in [-0.3, -0.25) is 0 Å². The van der Waals surface area contributed by atoms with Crippen LogP contribution in [0.1, 0.15) is 25.7 Å². The van der Waals surface area contributed by atoms with E-state index in [1.807, 2.05) is 0 Å². The summed E-state index contributed by atoms with van der Waals surface area (Å²) < 4.78 is 18.4. The van der Waals surface area contributed by atoms with E-state index < -0.39 is 5.82 Å². The van der Waals surface area contributed by atoms with Crippen molar-refractivity contribution in [2.75, 3.05) is 18.9 Å². The molecule has 0 atom stereocenters. The third kappa shape index (κ3) is 4.49. The Kier molecular flexibility index (Phi) is 5.64. The van der Waals surface area contributed by atoms with Crippen LogP contribution in [0, 0.1) is 5.82 Å². The molecular weight excluding hydrogens is 209 g/mol. The zero-order valence-electron chi connectivity index (χ0n) is 9.29. The van der Waals surface area contributed by atoms with E-state index in [1.54, 1.807) is 6.07 Å². The number of hydrogen-bond acceptors (Lipinski definition) is 3. The van der Waals surface area contributed by atoms with Gasteiger partial charge in [0.2, 0.25) is 0 Å². The third-order valence-corrected chi connectivity index (χ3v) is 2.29. The number of anilines is 1. The fourth-order valence-corrected chi connectivity index (χ4v) is 1.36. The van der Waals surface area contributed by atoms with Gasteiger partial charge in [-0.2, -0.15) is 0 Å². The number of aliphatic hydroxyl groups is 1. The van der Waals surface area contributed by atoms with Crippen LogP contribution in [0.2, 0.25) is 0 Å². The number of nitrogen functional groups attached to an aromatic ring is 1. The number of aliphatic hydroxyl groups excluding tert-OH is 1. The summed E-state index contributed by atoms with van der Waals surface area (Å²) in [4.78, 5) is 0. The summed E-state index contributed by atoms with van der Waals surface area (Å²) in [6.07, 6.45) is 3.75. The summed E-state index contributed by atoms with van der Waals surface area (Å²) >= 11 is 0. The van der Waals surface area contributed by atoms with Gasteiger partial charge < -0.3 is 15.6 Å². The van der Waals surface area contributed by atoms with Crippen molar-refractivity contribution in [2.45, 2.75) is 25.7 Å². The summed E-state index contributed by atoms with van der Waals surface area (Å²) in [5, 5.41) is 8.57. The summed E-state index contributed by atoms with van der Waals surface area (Å²) in [6.45, 7) is 0.804. The Balaban J connectivity index is 2.19. The molecule has 3 nitrogen and oxygen atoms in total. The van der Waals surface area contributed by atoms with Crippen LogP contribution in [-0.4, -0.2) is 18.3 Å². The third-order valence-electron chi connectivity index (χ3n) is 2.29. The second kappa shape index (κ2) is 7.06. The lowest BCUT2D eigenvalue weighted by atomic mass is 10.2. The minimum Gasteiger partial charge on any atom is -0.493 e. The highest BCUT2D eigenvalue weighted by atomic mass is 19.1. The Hall–Kier alpha value is -1.29. The molecule has 3 N–H and O–H groups in total. The molecule has 90 valence electrons. The van der Waals surface area contributed by atoms with Crippen LogP contribution in [-0.2, 0) is 0 Å². The molecule has 0 fully saturated rings. The highest BCUT2D eigenvalue weighted by molar-refractivity contribution is 5.43. The summed E-state index contributed by atoms with van der Waals surface area (Å²) in [7, 11) is 0. The lowest BCUT2D eigenvalue weighted by Gasteiger charge is -2.06. The average molecular weight is 227 g/mol. The fourth-order valence-electron chi connectivity index (χ4n) is 1.36. The lowest BCUT2D eigenvalue weighted by molar-refractivity contribution is 0.273. The number of unbranched alkanes of at least 4 members (excludes halogenated alkanes) is 3. The van der Waals surface area contributed by atoms with Crippen molar-refractivity contribution in [3.05, 3.63) is 24.0 Å². The average Bonchev–Trinajstić information content (AvgIpc) is 2.28. The lowest BCUT2D eigenvalue weighted by Crippen LogP contribution is -1.99. The standard InChI is InChI=1S/C12H18FNO2/c13-11-9-10(5-6-12(11)14)16-8-4-2-1-3-7-15/h5-6,9,15H,1-4,7-8,14H2. The zero-order valence-corrected chi connectivity index (χ0v) is 9.29. The SMILES string of the molecule is Nc1ccc(OCCCCCCO)cc1F. The van der Waals surface area contributed by atoms with Crippen molar-refractivity contribution < 1.29 is 14.2 Å². The zero-order chi connectivity index (χ0) is 11.8. The highest BCUT2D eigenvalue weighted by Gasteiger charge is 2.00. The van der Waals surface area contributed by atoms with Crippen LogP contribution in [0.5, 0.6) is 5.75 Å². The number of nitrogens with two attached hydrogens (primary N) is 1. The Morgan fingerprint density at radius 3 is 2.62 bits per heavy atom. The molecule has 1 rings (SSSR count). The number of ether oxygens (including phenoxy) is 1. The second-order valence-electron chi connectivity index (χ2n) is 3.67. The Morgan fingerprint density at radius 2 is 1.94 bits per heavy atom. The van der Waals surface area contributed by atoms with Gasteiger partial charge in [-0.05, 0) is 31.4 Å². The van der Waals surface area contributed by atoms with Gasteiger partial charge in [0, 0.05) is 12.7 Å². The van der Waals surface area contributed by atoms with Crippen molar-refractivity contribution in [2.24, 2.45) is 0 Å². The Bertz CT molecular complexity index is 318. The normalized spacial score (nSPS) is 10.4. The molecule has 0 radical (unpaired) electrons. The minimum absolute atomic E-state index is 0.135. The first-order chi connectivity index (χ1) is 7.74. The first-order valence-corrected chi connectivity index (χ1v) is 5.52. The number of rotatable bonds is 7. The Morgan fingerprint density at radius 1 is 1.19 bits per heavy atom. The summed E-state index contributed by atoms with van der Waals surface area (Å²) in [5.41, 5.74) is 5.48. The van der Waals surface area contributed by atoms with E-state index in [4.69, 9.17) is 15.6 Å². The summed E-state index contributed by atoms with van der Waals surface area (Å²) in [5.74, 6) is 0.0617. The molecule has 0 saturated heterocycles. The first-order valence-electron chi connectivity index (χ1n) is 5.52.